The fourth-order valence-electron chi connectivity index (χ4n) is 1.49. The summed E-state index contributed by atoms with van der Waals surface area (Å²) < 4.78 is 10.2. The van der Waals surface area contributed by atoms with E-state index in [1.54, 1.807) is 31.4 Å². The van der Waals surface area contributed by atoms with E-state index in [0.717, 1.165) is 0 Å². The molecule has 1 amide bonds. The van der Waals surface area contributed by atoms with Gasteiger partial charge in [-0.25, -0.2) is 4.79 Å². The van der Waals surface area contributed by atoms with Crippen LogP contribution in [0.3, 0.4) is 0 Å². The van der Waals surface area contributed by atoms with Crippen LogP contribution in [0.2, 0.25) is 0 Å². The van der Waals surface area contributed by atoms with Gasteiger partial charge in [0.05, 0.1) is 13.7 Å². The summed E-state index contributed by atoms with van der Waals surface area (Å²) in [5.41, 5.74) is 0.337. The van der Waals surface area contributed by atoms with Crippen molar-refractivity contribution < 1.29 is 19.4 Å². The molecular formula is C14H21NO4. The summed E-state index contributed by atoms with van der Waals surface area (Å²) in [4.78, 5) is 11.7. The molecule has 0 bridgehead atoms. The summed E-state index contributed by atoms with van der Waals surface area (Å²) in [7, 11) is 1.58. The number of aliphatic hydroxyl groups excluding tert-OH is 1. The molecule has 0 spiro atoms. The quantitative estimate of drug-likeness (QED) is 0.878. The average molecular weight is 267 g/mol. The Labute approximate surface area is 113 Å². The number of benzene rings is 1. The molecule has 5 heteroatoms. The number of alkyl carbamates (subject to hydrolysis) is 1. The Bertz CT molecular complexity index is 408. The van der Waals surface area contributed by atoms with Gasteiger partial charge < -0.3 is 19.9 Å². The highest BCUT2D eigenvalue weighted by Gasteiger charge is 2.20. The van der Waals surface area contributed by atoms with Gasteiger partial charge >= 0.3 is 6.09 Å². The molecular weight excluding hydrogens is 246 g/mol. The number of rotatable bonds is 4. The lowest BCUT2D eigenvalue weighted by molar-refractivity contribution is 0.0530. The van der Waals surface area contributed by atoms with Gasteiger partial charge in [0.25, 0.3) is 0 Å². The molecule has 106 valence electrons. The van der Waals surface area contributed by atoms with Crippen LogP contribution in [0.4, 0.5) is 4.79 Å². The molecule has 0 radical (unpaired) electrons. The van der Waals surface area contributed by atoms with Crippen LogP contribution in [0.15, 0.2) is 24.3 Å². The van der Waals surface area contributed by atoms with E-state index in [9.17, 15) is 9.90 Å². The number of aliphatic hydroxyl groups is 1. The van der Waals surface area contributed by atoms with Crippen LogP contribution >= 0.6 is 0 Å². The zero-order valence-corrected chi connectivity index (χ0v) is 11.8. The zero-order chi connectivity index (χ0) is 14.5. The molecule has 1 aromatic carbocycles. The predicted molar refractivity (Wildman–Crippen MR) is 72.2 cm³/mol. The third-order valence-electron chi connectivity index (χ3n) is 2.38. The third-order valence-corrected chi connectivity index (χ3v) is 2.38. The first-order valence-corrected chi connectivity index (χ1v) is 6.09. The van der Waals surface area contributed by atoms with Crippen LogP contribution in [0.1, 0.15) is 32.4 Å². The second-order valence-electron chi connectivity index (χ2n) is 5.22. The van der Waals surface area contributed by atoms with Crippen molar-refractivity contribution in [2.75, 3.05) is 13.7 Å². The minimum Gasteiger partial charge on any atom is -0.497 e. The first-order chi connectivity index (χ1) is 8.85. The smallest absolute Gasteiger partial charge is 0.408 e. The molecule has 1 rings (SSSR count). The maximum atomic E-state index is 11.7. The largest absolute Gasteiger partial charge is 0.497 e. The van der Waals surface area contributed by atoms with E-state index in [1.165, 1.54) is 0 Å². The monoisotopic (exact) mass is 267 g/mol. The fourth-order valence-corrected chi connectivity index (χ4v) is 1.49. The molecule has 1 unspecified atom stereocenters. The third kappa shape index (κ3) is 5.18. The van der Waals surface area contributed by atoms with E-state index in [-0.39, 0.29) is 12.1 Å². The Hall–Kier alpha value is -1.75. The van der Waals surface area contributed by atoms with Crippen molar-refractivity contribution in [2.24, 2.45) is 0 Å². The van der Waals surface area contributed by atoms with Gasteiger partial charge in [-0.2, -0.15) is 0 Å². The molecule has 0 saturated heterocycles. The Morgan fingerprint density at radius 3 is 2.32 bits per heavy atom. The minimum atomic E-state index is -0.687. The van der Waals surface area contributed by atoms with Gasteiger partial charge in [0, 0.05) is 5.54 Å². The van der Waals surface area contributed by atoms with Crippen molar-refractivity contribution in [3.63, 3.8) is 0 Å². The molecule has 1 aromatic rings. The molecule has 19 heavy (non-hydrogen) atoms. The van der Waals surface area contributed by atoms with Crippen molar-refractivity contribution in [1.29, 1.82) is 0 Å². The summed E-state index contributed by atoms with van der Waals surface area (Å²) >= 11 is 0. The Balaban J connectivity index is 2.69. The molecule has 0 aliphatic heterocycles. The van der Waals surface area contributed by atoms with Gasteiger partial charge in [0.15, 0.2) is 6.10 Å². The highest BCUT2D eigenvalue weighted by molar-refractivity contribution is 5.68. The summed E-state index contributed by atoms with van der Waals surface area (Å²) in [6.07, 6.45) is -1.24. The van der Waals surface area contributed by atoms with Crippen LogP contribution in [-0.2, 0) is 4.74 Å². The second kappa shape index (κ2) is 6.43. The maximum absolute atomic E-state index is 11.7. The molecule has 1 atom stereocenters. The molecule has 5 nitrogen and oxygen atoms in total. The highest BCUT2D eigenvalue weighted by Crippen LogP contribution is 2.20. The number of hydrogen-bond donors (Lipinski definition) is 2. The van der Waals surface area contributed by atoms with Crippen LogP contribution in [0.25, 0.3) is 0 Å². The van der Waals surface area contributed by atoms with Crippen LogP contribution < -0.4 is 10.1 Å². The second-order valence-corrected chi connectivity index (χ2v) is 5.22. The van der Waals surface area contributed by atoms with Crippen LogP contribution in [0, 0.1) is 0 Å². The zero-order valence-electron chi connectivity index (χ0n) is 11.8. The molecule has 0 aromatic heterocycles. The van der Waals surface area contributed by atoms with E-state index in [4.69, 9.17) is 9.47 Å². The van der Waals surface area contributed by atoms with Crippen LogP contribution in [-0.4, -0.2) is 30.5 Å². The van der Waals surface area contributed by atoms with E-state index in [1.807, 2.05) is 20.8 Å². The van der Waals surface area contributed by atoms with Gasteiger partial charge in [0.2, 0.25) is 0 Å². The molecule has 0 fully saturated rings. The van der Waals surface area contributed by atoms with Crippen molar-refractivity contribution in [3.8, 4) is 5.75 Å². The minimum absolute atomic E-state index is 0.274. The molecule has 0 heterocycles. The van der Waals surface area contributed by atoms with Gasteiger partial charge in [0.1, 0.15) is 5.75 Å². The lowest BCUT2D eigenvalue weighted by Gasteiger charge is -2.23. The van der Waals surface area contributed by atoms with E-state index in [2.05, 4.69) is 5.32 Å². The number of amides is 1. The first kappa shape index (κ1) is 15.3. The Kier molecular flexibility index (Phi) is 5.18. The van der Waals surface area contributed by atoms with Crippen molar-refractivity contribution >= 4 is 6.09 Å². The van der Waals surface area contributed by atoms with Crippen molar-refractivity contribution in [1.82, 2.24) is 5.32 Å². The summed E-state index contributed by atoms with van der Waals surface area (Å²) in [6.45, 7) is 5.30. The summed E-state index contributed by atoms with van der Waals surface area (Å²) in [6, 6.07) is 7.01. The van der Waals surface area contributed by atoms with Gasteiger partial charge in [-0.1, -0.05) is 12.1 Å². The molecule has 0 saturated carbocycles. The van der Waals surface area contributed by atoms with Gasteiger partial charge in [-0.05, 0) is 38.5 Å². The van der Waals surface area contributed by atoms with Crippen molar-refractivity contribution in [2.45, 2.75) is 32.4 Å². The first-order valence-electron chi connectivity index (χ1n) is 6.09. The lowest BCUT2D eigenvalue weighted by atomic mass is 10.1. The number of nitrogens with one attached hydrogen (secondary N) is 1. The molecule has 0 aliphatic rings. The summed E-state index contributed by atoms with van der Waals surface area (Å²) in [5.74, 6) is 0.708. The van der Waals surface area contributed by atoms with Crippen molar-refractivity contribution in [3.05, 3.63) is 29.8 Å². The predicted octanol–water partition coefficient (Wildman–Crippen LogP) is 2.25. The molecule has 2 N–H and O–H groups in total. The number of carbonyl (C=O) groups excluding carboxylic acids is 1. The summed E-state index contributed by atoms with van der Waals surface area (Å²) in [5, 5.41) is 12.0. The Morgan fingerprint density at radius 1 is 1.32 bits per heavy atom. The van der Waals surface area contributed by atoms with E-state index in [0.29, 0.717) is 11.3 Å². The number of ether oxygens (including phenoxy) is 2. The van der Waals surface area contributed by atoms with E-state index < -0.39 is 12.2 Å². The number of methoxy groups -OCH3 is 1. The SMILES string of the molecule is COc1ccc(C(CO)OC(=O)NC(C)(C)C)cc1. The standard InChI is InChI=1S/C14H21NO4/c1-14(2,3)15-13(17)19-12(9-16)10-5-7-11(18-4)8-6-10/h5-8,12,16H,9H2,1-4H3,(H,15,17). The highest BCUT2D eigenvalue weighted by atomic mass is 16.6. The molecule has 0 aliphatic carbocycles. The van der Waals surface area contributed by atoms with E-state index >= 15 is 0 Å². The Morgan fingerprint density at radius 2 is 1.89 bits per heavy atom. The topological polar surface area (TPSA) is 67.8 Å². The number of carbonyl (C=O) groups is 1. The van der Waals surface area contributed by atoms with Crippen LogP contribution in [0.5, 0.6) is 5.75 Å². The van der Waals surface area contributed by atoms with Gasteiger partial charge in [-0.15, -0.1) is 0 Å². The fraction of sp³-hybridized carbons (Fsp3) is 0.500. The normalized spacial score (nSPS) is 12.7. The van der Waals surface area contributed by atoms with Gasteiger partial charge in [-0.3, -0.25) is 0 Å². The maximum Gasteiger partial charge on any atom is 0.408 e. The average Bonchev–Trinajstić information content (AvgIpc) is 2.34. The number of hydrogen-bond acceptors (Lipinski definition) is 4. The lowest BCUT2D eigenvalue weighted by Crippen LogP contribution is -2.41.